The van der Waals surface area contributed by atoms with Crippen molar-refractivity contribution in [1.82, 2.24) is 15.1 Å². The number of thioether (sulfide) groups is 1. The van der Waals surface area contributed by atoms with E-state index in [9.17, 15) is 18.0 Å². The molecule has 0 unspecified atom stereocenters. The Balaban J connectivity index is 1.57. The van der Waals surface area contributed by atoms with Gasteiger partial charge >= 0.3 is 11.3 Å². The van der Waals surface area contributed by atoms with Crippen LogP contribution >= 0.6 is 11.8 Å². The predicted octanol–water partition coefficient (Wildman–Crippen LogP) is 4.55. The summed E-state index contributed by atoms with van der Waals surface area (Å²) in [5.74, 6) is -1.41. The first-order valence-corrected chi connectivity index (χ1v) is 9.32. The Bertz CT molecular complexity index is 798. The number of alkyl halides is 2. The number of aryl methyl sites for hydroxylation is 1. The van der Waals surface area contributed by atoms with Gasteiger partial charge in [0.05, 0.1) is 18.1 Å². The zero-order chi connectivity index (χ0) is 19.4. The third-order valence-electron chi connectivity index (χ3n) is 4.49. The average Bonchev–Trinajstić information content (AvgIpc) is 2.65. The van der Waals surface area contributed by atoms with E-state index in [0.29, 0.717) is 23.0 Å². The molecule has 144 valence electrons. The Morgan fingerprint density at radius 1 is 1.26 bits per heavy atom. The fraction of sp³-hybridized carbons (Fsp3) is 0.389. The third kappa shape index (κ3) is 4.91. The molecule has 2 aromatic rings. The van der Waals surface area contributed by atoms with E-state index in [4.69, 9.17) is 0 Å². The summed E-state index contributed by atoms with van der Waals surface area (Å²) in [7, 11) is 0. The summed E-state index contributed by atoms with van der Waals surface area (Å²) in [6, 6.07) is 5.14. The number of carbonyl (C=O) groups excluding carboxylic acids is 1. The van der Waals surface area contributed by atoms with Gasteiger partial charge in [-0.3, -0.25) is 0 Å². The number of piperidine rings is 1. The maximum Gasteiger partial charge on any atom is 0.321 e. The lowest BCUT2D eigenvalue weighted by molar-refractivity contribution is 0.00998. The zero-order valence-electron chi connectivity index (χ0n) is 14.7. The maximum absolute atomic E-state index is 14.7. The molecule has 1 aliphatic rings. The Morgan fingerprint density at radius 3 is 2.67 bits per heavy atom. The van der Waals surface area contributed by atoms with Gasteiger partial charge in [0.2, 0.25) is 0 Å². The number of anilines is 1. The van der Waals surface area contributed by atoms with Crippen LogP contribution in [0.25, 0.3) is 0 Å². The molecule has 1 saturated heterocycles. The number of carbonyl (C=O) groups is 1. The normalized spacial score (nSPS) is 15.6. The fourth-order valence-electron chi connectivity index (χ4n) is 2.90. The molecular formula is C18H19F3N4OS. The molecule has 1 fully saturated rings. The summed E-state index contributed by atoms with van der Waals surface area (Å²) in [5, 5.41) is 6.93. The molecule has 0 bridgehead atoms. The van der Waals surface area contributed by atoms with Gasteiger partial charge in [0.25, 0.3) is 0 Å². The molecule has 0 spiro atoms. The molecule has 1 aromatic heterocycles. The average molecular weight is 396 g/mol. The van der Waals surface area contributed by atoms with Crippen LogP contribution in [0.15, 0.2) is 41.6 Å². The van der Waals surface area contributed by atoms with Gasteiger partial charge in [0, 0.05) is 23.9 Å². The van der Waals surface area contributed by atoms with Crippen LogP contribution in [0.2, 0.25) is 0 Å². The highest BCUT2D eigenvalue weighted by atomic mass is 32.2. The van der Waals surface area contributed by atoms with Gasteiger partial charge in [-0.2, -0.15) is 19.0 Å². The minimum Gasteiger partial charge on any atom is -0.325 e. The first-order chi connectivity index (χ1) is 12.8. The van der Waals surface area contributed by atoms with Crippen molar-refractivity contribution in [1.29, 1.82) is 0 Å². The minimum absolute atomic E-state index is 0.177. The van der Waals surface area contributed by atoms with Crippen LogP contribution in [0.1, 0.15) is 18.4 Å². The van der Waals surface area contributed by atoms with Gasteiger partial charge in [-0.05, 0) is 43.5 Å². The van der Waals surface area contributed by atoms with Crippen LogP contribution in [-0.2, 0) is 0 Å². The number of rotatable bonds is 4. The second kappa shape index (κ2) is 8.16. The molecule has 0 radical (unpaired) electrons. The maximum atomic E-state index is 14.7. The highest BCUT2D eigenvalue weighted by Gasteiger charge is 2.43. The van der Waals surface area contributed by atoms with Gasteiger partial charge in [-0.1, -0.05) is 17.8 Å². The van der Waals surface area contributed by atoms with Gasteiger partial charge in [-0.15, -0.1) is 0 Å². The van der Waals surface area contributed by atoms with Crippen molar-refractivity contribution in [3.05, 3.63) is 48.0 Å². The standard InChI is InChI=1S/C18H19F3N4OS/c1-12-2-3-14(19)10-16(12)27-18(20,21)13-5-8-25(9-6-13)17(26)24-15-4-7-22-23-11-15/h2-4,7,10-11,13H,5-6,8-9H2,1H3,(H,22,24,26). The van der Waals surface area contributed by atoms with Crippen molar-refractivity contribution in [3.8, 4) is 0 Å². The highest BCUT2D eigenvalue weighted by molar-refractivity contribution is 8.00. The summed E-state index contributed by atoms with van der Waals surface area (Å²) >= 11 is 0.398. The Kier molecular flexibility index (Phi) is 5.88. The van der Waals surface area contributed by atoms with Gasteiger partial charge in [0.15, 0.2) is 0 Å². The Hall–Kier alpha value is -2.29. The summed E-state index contributed by atoms with van der Waals surface area (Å²) in [5.41, 5.74) is 1.11. The number of hydrogen-bond donors (Lipinski definition) is 1. The molecule has 0 aliphatic carbocycles. The van der Waals surface area contributed by atoms with Crippen molar-refractivity contribution in [2.24, 2.45) is 5.92 Å². The molecule has 1 aromatic carbocycles. The van der Waals surface area contributed by atoms with E-state index in [0.717, 1.165) is 6.07 Å². The van der Waals surface area contributed by atoms with Gasteiger partial charge < -0.3 is 10.2 Å². The largest absolute Gasteiger partial charge is 0.325 e. The van der Waals surface area contributed by atoms with Crippen LogP contribution < -0.4 is 5.32 Å². The quantitative estimate of drug-likeness (QED) is 0.770. The summed E-state index contributed by atoms with van der Waals surface area (Å²) in [6.45, 7) is 2.14. The van der Waals surface area contributed by atoms with Gasteiger partial charge in [0.1, 0.15) is 5.82 Å². The SMILES string of the molecule is Cc1ccc(F)cc1SC(F)(F)C1CCN(C(=O)Nc2ccnnc2)CC1. The van der Waals surface area contributed by atoms with E-state index in [2.05, 4.69) is 15.5 Å². The summed E-state index contributed by atoms with van der Waals surface area (Å²) in [4.78, 5) is 14.0. The van der Waals surface area contributed by atoms with Gasteiger partial charge in [-0.25, -0.2) is 9.18 Å². The van der Waals surface area contributed by atoms with Crippen LogP contribution in [0.3, 0.4) is 0 Å². The van der Waals surface area contributed by atoms with E-state index in [-0.39, 0.29) is 36.9 Å². The molecule has 0 atom stereocenters. The number of likely N-dealkylation sites (tertiary alicyclic amines) is 1. The van der Waals surface area contributed by atoms with Crippen molar-refractivity contribution in [3.63, 3.8) is 0 Å². The number of amides is 2. The van der Waals surface area contributed by atoms with Crippen molar-refractivity contribution >= 4 is 23.5 Å². The fourth-order valence-corrected chi connectivity index (χ4v) is 4.00. The molecule has 2 amide bonds. The van der Waals surface area contributed by atoms with E-state index >= 15 is 0 Å². The molecule has 3 rings (SSSR count). The Labute approximate surface area is 159 Å². The third-order valence-corrected chi connectivity index (χ3v) is 5.75. The number of aromatic nitrogens is 2. The monoisotopic (exact) mass is 396 g/mol. The molecule has 2 heterocycles. The van der Waals surface area contributed by atoms with Crippen molar-refractivity contribution in [2.75, 3.05) is 18.4 Å². The Morgan fingerprint density at radius 2 is 2.00 bits per heavy atom. The predicted molar refractivity (Wildman–Crippen MR) is 97.3 cm³/mol. The van der Waals surface area contributed by atoms with E-state index in [1.54, 1.807) is 13.0 Å². The molecule has 27 heavy (non-hydrogen) atoms. The molecule has 5 nitrogen and oxygen atoms in total. The summed E-state index contributed by atoms with van der Waals surface area (Å²) < 4.78 is 42.7. The lowest BCUT2D eigenvalue weighted by atomic mass is 9.97. The topological polar surface area (TPSA) is 58.1 Å². The molecule has 0 saturated carbocycles. The summed E-state index contributed by atoms with van der Waals surface area (Å²) in [6.07, 6.45) is 3.22. The second-order valence-electron chi connectivity index (χ2n) is 6.40. The number of hydrogen-bond acceptors (Lipinski definition) is 4. The van der Waals surface area contributed by atoms with E-state index < -0.39 is 17.0 Å². The van der Waals surface area contributed by atoms with E-state index in [1.807, 2.05) is 0 Å². The van der Waals surface area contributed by atoms with E-state index in [1.165, 1.54) is 29.4 Å². The zero-order valence-corrected chi connectivity index (χ0v) is 15.5. The van der Waals surface area contributed by atoms with Crippen LogP contribution in [0.4, 0.5) is 23.7 Å². The lowest BCUT2D eigenvalue weighted by Crippen LogP contribution is -2.44. The molecule has 9 heteroatoms. The molecule has 1 aliphatic heterocycles. The molecule has 1 N–H and O–H groups in total. The molecular weight excluding hydrogens is 377 g/mol. The van der Waals surface area contributed by atoms with Crippen LogP contribution in [0.5, 0.6) is 0 Å². The highest BCUT2D eigenvalue weighted by Crippen LogP contribution is 2.46. The first-order valence-electron chi connectivity index (χ1n) is 8.51. The lowest BCUT2D eigenvalue weighted by Gasteiger charge is -2.35. The second-order valence-corrected chi connectivity index (χ2v) is 7.58. The first kappa shape index (κ1) is 19.5. The van der Waals surface area contributed by atoms with Crippen molar-refractivity contribution < 1.29 is 18.0 Å². The number of nitrogens with one attached hydrogen (secondary N) is 1. The number of benzene rings is 1. The van der Waals surface area contributed by atoms with Crippen molar-refractivity contribution in [2.45, 2.75) is 29.9 Å². The minimum atomic E-state index is -3.03. The number of nitrogens with zero attached hydrogens (tertiary/aromatic N) is 3. The number of urea groups is 1. The van der Waals surface area contributed by atoms with Crippen LogP contribution in [0, 0.1) is 18.7 Å². The number of halogens is 3. The smallest absolute Gasteiger partial charge is 0.321 e. The van der Waals surface area contributed by atoms with Crippen LogP contribution in [-0.4, -0.2) is 39.5 Å².